The Kier molecular flexibility index (Phi) is 15.5. The average molecular weight is 774 g/mol. The SMILES string of the molecule is CCCCCN(C)C1CC(C)O[C@@H](O[C@@H]2[C@@H](C)[C@H](O[C@H]3CC(C)(OC)[C@@H](O)C(C)O3)[C@@H](C)C(=O)O[C@@H]([C@](C)(O)[C@H](O)CC)[C@@H](C)C3OC2(C)CC3C)C1O. The summed E-state index contributed by atoms with van der Waals surface area (Å²) in [7, 11) is 3.58. The molecule has 4 heterocycles. The van der Waals surface area contributed by atoms with Crippen LogP contribution in [0.3, 0.4) is 0 Å². The van der Waals surface area contributed by atoms with E-state index < -0.39 is 102 Å². The van der Waals surface area contributed by atoms with E-state index >= 15 is 0 Å². The number of carbonyl (C=O) groups excluding carboxylic acids is 1. The van der Waals surface area contributed by atoms with Crippen molar-refractivity contribution in [2.75, 3.05) is 20.7 Å². The van der Waals surface area contributed by atoms with Crippen molar-refractivity contribution in [1.29, 1.82) is 0 Å². The van der Waals surface area contributed by atoms with Gasteiger partial charge in [-0.3, -0.25) is 4.79 Å². The Balaban J connectivity index is 1.80. The summed E-state index contributed by atoms with van der Waals surface area (Å²) in [4.78, 5) is 16.6. The Labute approximate surface area is 324 Å². The molecule has 4 aliphatic heterocycles. The third-order valence-electron chi connectivity index (χ3n) is 13.4. The molecule has 8 unspecified atom stereocenters. The number of unbranched alkanes of at least 4 members (excludes halogenated alkanes) is 2. The van der Waals surface area contributed by atoms with Gasteiger partial charge in [-0.15, -0.1) is 0 Å². The molecule has 2 bridgehead atoms. The number of cyclic esters (lactones) is 1. The van der Waals surface area contributed by atoms with Gasteiger partial charge >= 0.3 is 5.97 Å². The highest BCUT2D eigenvalue weighted by Crippen LogP contribution is 2.48. The van der Waals surface area contributed by atoms with Crippen molar-refractivity contribution in [2.24, 2.45) is 23.7 Å². The Hall–Kier alpha value is -0.970. The Morgan fingerprint density at radius 3 is 2.28 bits per heavy atom. The van der Waals surface area contributed by atoms with Crippen LogP contribution in [0.25, 0.3) is 0 Å². The molecule has 0 saturated carbocycles. The van der Waals surface area contributed by atoms with Gasteiger partial charge in [0.15, 0.2) is 12.6 Å². The van der Waals surface area contributed by atoms with Crippen LogP contribution >= 0.6 is 0 Å². The van der Waals surface area contributed by atoms with Gasteiger partial charge in [0.1, 0.15) is 23.9 Å². The minimum atomic E-state index is -1.79. The van der Waals surface area contributed by atoms with Gasteiger partial charge in [-0.25, -0.2) is 0 Å². The molecule has 0 radical (unpaired) electrons. The van der Waals surface area contributed by atoms with E-state index in [1.54, 1.807) is 27.7 Å². The molecule has 0 amide bonds. The first-order valence-electron chi connectivity index (χ1n) is 20.7. The van der Waals surface area contributed by atoms with Crippen LogP contribution in [-0.4, -0.2) is 142 Å². The van der Waals surface area contributed by atoms with Crippen molar-refractivity contribution in [3.63, 3.8) is 0 Å². The number of esters is 1. The third-order valence-corrected chi connectivity index (χ3v) is 13.4. The zero-order valence-corrected chi connectivity index (χ0v) is 35.4. The largest absolute Gasteiger partial charge is 0.459 e. The fourth-order valence-electron chi connectivity index (χ4n) is 9.90. The number of likely N-dealkylation sites (N-methyl/N-ethyl adjacent to an activating group) is 1. The van der Waals surface area contributed by atoms with E-state index in [2.05, 4.69) is 18.7 Å². The van der Waals surface area contributed by atoms with E-state index in [0.29, 0.717) is 12.8 Å². The van der Waals surface area contributed by atoms with Crippen molar-refractivity contribution in [3.05, 3.63) is 0 Å². The standard InChI is InChI=1S/C41H75NO12/c1-14-16-17-18-42(12)28-19-23(4)49-38(31(28)44)53-35-25(6)33(51-30-21-39(9,48-13)34(45)27(8)50-30)26(7)37(46)52-36(41(11,47)29(43)15-2)24(5)32-22(3)20-40(35,10)54-32/h22-36,38,43-45,47H,14-21H2,1-13H3/t22?,23?,24-,25-,26+,27?,28?,29+,30-,31?,32?,33-,34-,35+,36+,38-,39?,40?,41+/m0/s1. The smallest absolute Gasteiger partial charge is 0.311 e. The maximum Gasteiger partial charge on any atom is 0.311 e. The molecule has 0 aromatic heterocycles. The number of rotatable bonds is 13. The molecule has 4 aliphatic rings. The van der Waals surface area contributed by atoms with Gasteiger partial charge in [0.2, 0.25) is 0 Å². The maximum absolute atomic E-state index is 14.4. The van der Waals surface area contributed by atoms with E-state index in [-0.39, 0.29) is 30.9 Å². The van der Waals surface area contributed by atoms with Crippen LogP contribution in [0.1, 0.15) is 121 Å². The van der Waals surface area contributed by atoms with Gasteiger partial charge in [0.25, 0.3) is 0 Å². The number of ether oxygens (including phenoxy) is 7. The van der Waals surface area contributed by atoms with Crippen molar-refractivity contribution in [3.8, 4) is 0 Å². The number of aliphatic hydroxyl groups is 4. The van der Waals surface area contributed by atoms with Crippen LogP contribution in [0.5, 0.6) is 0 Å². The minimum absolute atomic E-state index is 0.0599. The zero-order valence-electron chi connectivity index (χ0n) is 35.4. The normalized spacial score (nSPS) is 46.8. The van der Waals surface area contributed by atoms with Gasteiger partial charge in [-0.2, -0.15) is 0 Å². The molecule has 4 saturated heterocycles. The number of nitrogens with zero attached hydrogens (tertiary/aromatic N) is 1. The molecule has 54 heavy (non-hydrogen) atoms. The molecule has 4 N–H and O–H groups in total. The molecule has 0 spiro atoms. The van der Waals surface area contributed by atoms with E-state index in [0.717, 1.165) is 25.8 Å². The lowest BCUT2D eigenvalue weighted by Gasteiger charge is -2.48. The van der Waals surface area contributed by atoms with E-state index in [9.17, 15) is 25.2 Å². The summed E-state index contributed by atoms with van der Waals surface area (Å²) in [6, 6.07) is -0.193. The lowest BCUT2D eigenvalue weighted by molar-refractivity contribution is -0.318. The number of hydrogen-bond donors (Lipinski definition) is 4. The lowest BCUT2D eigenvalue weighted by atomic mass is 9.76. The first-order chi connectivity index (χ1) is 25.1. The third kappa shape index (κ3) is 9.49. The number of aliphatic hydroxyl groups excluding tert-OH is 3. The van der Waals surface area contributed by atoms with E-state index in [1.165, 1.54) is 14.0 Å². The Bertz CT molecular complexity index is 1210. The quantitative estimate of drug-likeness (QED) is 0.156. The van der Waals surface area contributed by atoms with Crippen molar-refractivity contribution < 1.29 is 58.4 Å². The molecular formula is C41H75NO12. The number of methoxy groups -OCH3 is 1. The molecule has 0 aromatic carbocycles. The Morgan fingerprint density at radius 1 is 1.00 bits per heavy atom. The van der Waals surface area contributed by atoms with Crippen LogP contribution in [0.2, 0.25) is 0 Å². The maximum atomic E-state index is 14.4. The second kappa shape index (κ2) is 18.3. The first kappa shape index (κ1) is 45.7. The predicted molar refractivity (Wildman–Crippen MR) is 202 cm³/mol. The summed E-state index contributed by atoms with van der Waals surface area (Å²) in [5, 5.41) is 45.8. The average Bonchev–Trinajstić information content (AvgIpc) is 3.43. The van der Waals surface area contributed by atoms with Crippen LogP contribution in [0.4, 0.5) is 0 Å². The summed E-state index contributed by atoms with van der Waals surface area (Å²) < 4.78 is 45.5. The van der Waals surface area contributed by atoms with Gasteiger partial charge in [0.05, 0.1) is 53.7 Å². The van der Waals surface area contributed by atoms with Gasteiger partial charge in [0, 0.05) is 31.4 Å². The fraction of sp³-hybridized carbons (Fsp3) is 0.976. The summed E-state index contributed by atoms with van der Waals surface area (Å²) >= 11 is 0. The highest BCUT2D eigenvalue weighted by Gasteiger charge is 2.59. The monoisotopic (exact) mass is 774 g/mol. The molecule has 4 rings (SSSR count). The van der Waals surface area contributed by atoms with Crippen LogP contribution in [0.15, 0.2) is 0 Å². The van der Waals surface area contributed by atoms with E-state index in [4.69, 9.17) is 33.2 Å². The van der Waals surface area contributed by atoms with Crippen LogP contribution in [0, 0.1) is 23.7 Å². The van der Waals surface area contributed by atoms with Gasteiger partial charge < -0.3 is 58.5 Å². The summed E-state index contributed by atoms with van der Waals surface area (Å²) in [5.74, 6) is -2.68. The molecular weight excluding hydrogens is 698 g/mol. The molecule has 13 nitrogen and oxygen atoms in total. The van der Waals surface area contributed by atoms with Crippen LogP contribution < -0.4 is 0 Å². The summed E-state index contributed by atoms with van der Waals surface area (Å²) in [6.07, 6.45) is -4.11. The molecule has 316 valence electrons. The summed E-state index contributed by atoms with van der Waals surface area (Å²) in [5.41, 5.74) is -3.73. The summed E-state index contributed by atoms with van der Waals surface area (Å²) in [6.45, 7) is 21.5. The van der Waals surface area contributed by atoms with Crippen molar-refractivity contribution >= 4 is 5.97 Å². The highest BCUT2D eigenvalue weighted by atomic mass is 16.7. The topological polar surface area (TPSA) is 166 Å². The number of fused-ring (bicyclic) bond motifs is 2. The lowest BCUT2D eigenvalue weighted by Crippen LogP contribution is -2.60. The minimum Gasteiger partial charge on any atom is -0.459 e. The fourth-order valence-corrected chi connectivity index (χ4v) is 9.90. The number of hydrogen-bond acceptors (Lipinski definition) is 13. The zero-order chi connectivity index (χ0) is 40.5. The highest BCUT2D eigenvalue weighted by molar-refractivity contribution is 5.73. The second-order valence-corrected chi connectivity index (χ2v) is 18.0. The van der Waals surface area contributed by atoms with Crippen molar-refractivity contribution in [1.82, 2.24) is 4.90 Å². The first-order valence-corrected chi connectivity index (χ1v) is 20.7. The van der Waals surface area contributed by atoms with Crippen molar-refractivity contribution in [2.45, 2.75) is 211 Å². The molecule has 0 aromatic rings. The molecule has 19 atom stereocenters. The molecule has 0 aliphatic carbocycles. The second-order valence-electron chi connectivity index (χ2n) is 18.0. The van der Waals surface area contributed by atoms with Gasteiger partial charge in [-0.1, -0.05) is 47.5 Å². The molecule has 13 heteroatoms. The predicted octanol–water partition coefficient (Wildman–Crippen LogP) is 4.18. The van der Waals surface area contributed by atoms with Gasteiger partial charge in [-0.05, 0) is 86.7 Å². The van der Waals surface area contributed by atoms with E-state index in [1.807, 2.05) is 34.7 Å². The molecule has 4 fully saturated rings. The Morgan fingerprint density at radius 2 is 1.67 bits per heavy atom. The number of carbonyl (C=O) groups is 1. The van der Waals surface area contributed by atoms with Crippen LogP contribution in [-0.2, 0) is 38.0 Å².